The summed E-state index contributed by atoms with van der Waals surface area (Å²) < 4.78 is 11.0. The Labute approximate surface area is 216 Å². The van der Waals surface area contributed by atoms with Gasteiger partial charge >= 0.3 is 5.97 Å². The van der Waals surface area contributed by atoms with Crippen molar-refractivity contribution in [1.82, 2.24) is 0 Å². The number of esters is 1. The van der Waals surface area contributed by atoms with Crippen molar-refractivity contribution in [1.29, 1.82) is 0 Å². The van der Waals surface area contributed by atoms with Crippen molar-refractivity contribution in [3.05, 3.63) is 0 Å². The number of hydrogen-bond donors (Lipinski definition) is 8. The SMILES string of the molecule is CC1(C(=O)OC2OC(CO)C(O)C(O)C2O)CCCC2(C)C1CCC13CC(CC(O)C21)C(O)(CO)C3O. The van der Waals surface area contributed by atoms with E-state index in [1.807, 2.05) is 6.92 Å². The molecule has 4 saturated carbocycles. The van der Waals surface area contributed by atoms with E-state index in [0.717, 1.165) is 0 Å². The Balaban J connectivity index is 1.43. The summed E-state index contributed by atoms with van der Waals surface area (Å²) >= 11 is 0. The molecule has 14 atom stereocenters. The molecule has 0 aromatic carbocycles. The van der Waals surface area contributed by atoms with Gasteiger partial charge in [-0.3, -0.25) is 4.79 Å². The molecular formula is C26H42O11. The van der Waals surface area contributed by atoms with Gasteiger partial charge in [-0.25, -0.2) is 0 Å². The summed E-state index contributed by atoms with van der Waals surface area (Å²) in [7, 11) is 0. The molecule has 1 saturated heterocycles. The average Bonchev–Trinajstić information content (AvgIpc) is 3.02. The van der Waals surface area contributed by atoms with Crippen LogP contribution in [0.2, 0.25) is 0 Å². The van der Waals surface area contributed by atoms with Gasteiger partial charge in [-0.15, -0.1) is 0 Å². The number of fused-ring (bicyclic) bond motifs is 3. The standard InChI is InChI=1S/C26H42O11/c1-23-5-3-6-24(2,22(34)37-20-18(32)17(31)16(30)14(10-27)36-20)15(23)4-7-25-9-12(8-13(29)19(23)25)26(35,11-28)21(25)33/h12-21,27-33,35H,3-11H2,1-2H3. The smallest absolute Gasteiger partial charge is 0.314 e. The predicted octanol–water partition coefficient (Wildman–Crippen LogP) is -1.59. The van der Waals surface area contributed by atoms with Crippen molar-refractivity contribution in [2.24, 2.45) is 34.0 Å². The Kier molecular flexibility index (Phi) is 6.78. The zero-order valence-corrected chi connectivity index (χ0v) is 21.4. The molecule has 1 heterocycles. The van der Waals surface area contributed by atoms with Gasteiger partial charge in [-0.1, -0.05) is 13.3 Å². The Bertz CT molecular complexity index is 900. The second-order valence-electron chi connectivity index (χ2n) is 12.9. The maximum Gasteiger partial charge on any atom is 0.314 e. The third kappa shape index (κ3) is 3.62. The van der Waals surface area contributed by atoms with Crippen molar-refractivity contribution >= 4 is 5.97 Å². The van der Waals surface area contributed by atoms with E-state index < -0.39 is 95.8 Å². The molecule has 5 rings (SSSR count). The molecule has 0 amide bonds. The molecular weight excluding hydrogens is 488 g/mol. The van der Waals surface area contributed by atoms with E-state index in [4.69, 9.17) is 9.47 Å². The highest BCUT2D eigenvalue weighted by Crippen LogP contribution is 2.73. The first-order valence-corrected chi connectivity index (χ1v) is 13.5. The van der Waals surface area contributed by atoms with Crippen molar-refractivity contribution in [3.63, 3.8) is 0 Å². The summed E-state index contributed by atoms with van der Waals surface area (Å²) in [4.78, 5) is 13.7. The topological polar surface area (TPSA) is 197 Å². The van der Waals surface area contributed by atoms with Gasteiger partial charge in [0.25, 0.3) is 0 Å². The molecule has 11 nitrogen and oxygen atoms in total. The number of carbonyl (C=O) groups excluding carboxylic acids is 1. The second-order valence-corrected chi connectivity index (χ2v) is 12.9. The van der Waals surface area contributed by atoms with Crippen molar-refractivity contribution < 1.29 is 55.1 Å². The van der Waals surface area contributed by atoms with E-state index in [2.05, 4.69) is 0 Å². The fraction of sp³-hybridized carbons (Fsp3) is 0.962. The molecule has 0 aromatic rings. The van der Waals surface area contributed by atoms with Crippen LogP contribution >= 0.6 is 0 Å². The van der Waals surface area contributed by atoms with Crippen LogP contribution in [0, 0.1) is 34.0 Å². The number of aliphatic hydroxyl groups is 8. The van der Waals surface area contributed by atoms with Crippen LogP contribution in [-0.2, 0) is 14.3 Å². The van der Waals surface area contributed by atoms with Crippen LogP contribution in [0.15, 0.2) is 0 Å². The van der Waals surface area contributed by atoms with Crippen molar-refractivity contribution in [3.8, 4) is 0 Å². The quantitative estimate of drug-likeness (QED) is 0.195. The largest absolute Gasteiger partial charge is 0.432 e. The van der Waals surface area contributed by atoms with Crippen LogP contribution < -0.4 is 0 Å². The first-order valence-electron chi connectivity index (χ1n) is 13.5. The lowest BCUT2D eigenvalue weighted by Crippen LogP contribution is -2.64. The molecule has 5 aliphatic rings. The normalized spacial score (nSPS) is 57.4. The van der Waals surface area contributed by atoms with Gasteiger partial charge in [-0.2, -0.15) is 0 Å². The van der Waals surface area contributed by atoms with E-state index in [-0.39, 0.29) is 12.3 Å². The summed E-state index contributed by atoms with van der Waals surface area (Å²) in [6.07, 6.45) is -6.09. The zero-order chi connectivity index (χ0) is 27.1. The Morgan fingerprint density at radius 2 is 1.70 bits per heavy atom. The third-order valence-electron chi connectivity index (χ3n) is 11.3. The van der Waals surface area contributed by atoms with Crippen molar-refractivity contribution in [2.75, 3.05) is 13.2 Å². The highest BCUT2D eigenvalue weighted by molar-refractivity contribution is 5.77. The van der Waals surface area contributed by atoms with Crippen LogP contribution in [0.1, 0.15) is 58.8 Å². The van der Waals surface area contributed by atoms with Crippen LogP contribution in [0.3, 0.4) is 0 Å². The van der Waals surface area contributed by atoms with E-state index in [1.54, 1.807) is 6.92 Å². The molecule has 0 aromatic heterocycles. The summed E-state index contributed by atoms with van der Waals surface area (Å²) in [5.41, 5.74) is -4.05. The highest BCUT2D eigenvalue weighted by atomic mass is 16.7. The lowest BCUT2D eigenvalue weighted by Gasteiger charge is -2.64. The van der Waals surface area contributed by atoms with Gasteiger partial charge in [0.2, 0.25) is 6.29 Å². The molecule has 0 radical (unpaired) electrons. The number of aliphatic hydroxyl groups excluding tert-OH is 7. The van der Waals surface area contributed by atoms with E-state index in [1.165, 1.54) is 0 Å². The molecule has 5 fully saturated rings. The maximum atomic E-state index is 13.7. The maximum absolute atomic E-state index is 13.7. The van der Waals surface area contributed by atoms with Crippen LogP contribution in [0.25, 0.3) is 0 Å². The first-order chi connectivity index (χ1) is 17.3. The van der Waals surface area contributed by atoms with Gasteiger partial charge in [-0.05, 0) is 68.6 Å². The summed E-state index contributed by atoms with van der Waals surface area (Å²) in [6, 6.07) is 0. The lowest BCUT2D eigenvalue weighted by molar-refractivity contribution is -0.298. The fourth-order valence-electron chi connectivity index (χ4n) is 9.56. The second kappa shape index (κ2) is 9.07. The van der Waals surface area contributed by atoms with E-state index in [9.17, 15) is 45.6 Å². The Morgan fingerprint density at radius 1 is 1.00 bits per heavy atom. The minimum Gasteiger partial charge on any atom is -0.432 e. The fourth-order valence-corrected chi connectivity index (χ4v) is 9.56. The molecule has 2 bridgehead atoms. The molecule has 1 aliphatic heterocycles. The molecule has 212 valence electrons. The predicted molar refractivity (Wildman–Crippen MR) is 125 cm³/mol. The minimum absolute atomic E-state index is 0.247. The zero-order valence-electron chi connectivity index (χ0n) is 21.4. The first kappa shape index (κ1) is 27.7. The molecule has 1 spiro atoms. The molecule has 8 N–H and O–H groups in total. The van der Waals surface area contributed by atoms with E-state index in [0.29, 0.717) is 38.5 Å². The number of ether oxygens (including phenoxy) is 2. The van der Waals surface area contributed by atoms with Crippen LogP contribution in [0.5, 0.6) is 0 Å². The molecule has 11 heteroatoms. The lowest BCUT2D eigenvalue weighted by atomic mass is 9.40. The van der Waals surface area contributed by atoms with Gasteiger partial charge in [0, 0.05) is 5.41 Å². The summed E-state index contributed by atoms with van der Waals surface area (Å²) in [5.74, 6) is -1.69. The Morgan fingerprint density at radius 3 is 2.35 bits per heavy atom. The number of hydrogen-bond acceptors (Lipinski definition) is 11. The van der Waals surface area contributed by atoms with Crippen molar-refractivity contribution in [2.45, 2.75) is 107 Å². The summed E-state index contributed by atoms with van der Waals surface area (Å²) in [5, 5.41) is 84.0. The van der Waals surface area contributed by atoms with Crippen LogP contribution in [0.4, 0.5) is 0 Å². The highest BCUT2D eigenvalue weighted by Gasteiger charge is 2.74. The van der Waals surface area contributed by atoms with Crippen LogP contribution in [-0.4, -0.2) is 109 Å². The van der Waals surface area contributed by atoms with Gasteiger partial charge in [0.15, 0.2) is 0 Å². The summed E-state index contributed by atoms with van der Waals surface area (Å²) in [6.45, 7) is 2.62. The third-order valence-corrected chi connectivity index (χ3v) is 11.3. The number of carbonyl (C=O) groups is 1. The van der Waals surface area contributed by atoms with Gasteiger partial charge < -0.3 is 50.3 Å². The molecule has 4 aliphatic carbocycles. The van der Waals surface area contributed by atoms with Gasteiger partial charge in [0.05, 0.1) is 30.8 Å². The van der Waals surface area contributed by atoms with Gasteiger partial charge in [0.1, 0.15) is 30.0 Å². The molecule has 37 heavy (non-hydrogen) atoms. The monoisotopic (exact) mass is 530 g/mol. The Hall–Kier alpha value is -0.890. The number of rotatable bonds is 4. The minimum atomic E-state index is -1.70. The van der Waals surface area contributed by atoms with E-state index >= 15 is 0 Å². The average molecular weight is 531 g/mol. The molecule has 14 unspecified atom stereocenters.